The van der Waals surface area contributed by atoms with Crippen LogP contribution >= 0.6 is 0 Å². The normalized spacial score (nSPS) is 16.1. The third-order valence-electron chi connectivity index (χ3n) is 3.19. The number of carbonyl (C=O) groups excluding carboxylic acids is 1. The molecule has 0 atom stereocenters. The predicted molar refractivity (Wildman–Crippen MR) is 65.7 cm³/mol. The van der Waals surface area contributed by atoms with Gasteiger partial charge in [-0.2, -0.15) is 0 Å². The average Bonchev–Trinajstić information content (AvgIpc) is 3.09. The van der Waals surface area contributed by atoms with Gasteiger partial charge in [-0.25, -0.2) is 9.59 Å². The first-order valence-corrected chi connectivity index (χ1v) is 6.13. The van der Waals surface area contributed by atoms with E-state index in [9.17, 15) is 9.59 Å². The van der Waals surface area contributed by atoms with Crippen molar-refractivity contribution >= 4 is 11.9 Å². The molecule has 1 fully saturated rings. The molecule has 0 bridgehead atoms. The second kappa shape index (κ2) is 4.80. The third-order valence-corrected chi connectivity index (χ3v) is 3.19. The number of rotatable bonds is 5. The molecule has 0 aromatic heterocycles. The van der Waals surface area contributed by atoms with Crippen LogP contribution in [-0.4, -0.2) is 22.6 Å². The summed E-state index contributed by atoms with van der Waals surface area (Å²) in [6.45, 7) is 2.07. The lowest BCUT2D eigenvalue weighted by atomic mass is 10.1. The largest absolute Gasteiger partial charge is 0.478 e. The van der Waals surface area contributed by atoms with Crippen LogP contribution in [0, 0.1) is 0 Å². The molecular weight excluding hydrogens is 232 g/mol. The van der Waals surface area contributed by atoms with E-state index in [1.165, 1.54) is 24.3 Å². The highest BCUT2D eigenvalue weighted by Crippen LogP contribution is 2.44. The lowest BCUT2D eigenvalue weighted by molar-refractivity contribution is 0.0200. The van der Waals surface area contributed by atoms with Gasteiger partial charge in [-0.05, 0) is 43.5 Å². The Morgan fingerprint density at radius 1 is 1.22 bits per heavy atom. The summed E-state index contributed by atoms with van der Waals surface area (Å²) in [7, 11) is 0. The number of carboxylic acids is 1. The van der Waals surface area contributed by atoms with Gasteiger partial charge in [0.25, 0.3) is 0 Å². The van der Waals surface area contributed by atoms with E-state index in [0.717, 1.165) is 25.7 Å². The van der Waals surface area contributed by atoms with E-state index in [4.69, 9.17) is 9.84 Å². The van der Waals surface area contributed by atoms with Gasteiger partial charge < -0.3 is 9.84 Å². The SMILES string of the molecule is CCCC1(OC(=O)c2ccc(C(=O)O)cc2)CC1. The van der Waals surface area contributed by atoms with Gasteiger partial charge in [0, 0.05) is 0 Å². The Hall–Kier alpha value is -1.84. The summed E-state index contributed by atoms with van der Waals surface area (Å²) in [5.41, 5.74) is 0.320. The van der Waals surface area contributed by atoms with Crippen molar-refractivity contribution in [3.8, 4) is 0 Å². The van der Waals surface area contributed by atoms with Gasteiger partial charge in [-0.3, -0.25) is 0 Å². The molecule has 4 heteroatoms. The van der Waals surface area contributed by atoms with Gasteiger partial charge in [0.15, 0.2) is 0 Å². The van der Waals surface area contributed by atoms with E-state index < -0.39 is 5.97 Å². The van der Waals surface area contributed by atoms with E-state index in [1.54, 1.807) is 0 Å². The fourth-order valence-electron chi connectivity index (χ4n) is 2.00. The predicted octanol–water partition coefficient (Wildman–Crippen LogP) is 2.87. The van der Waals surface area contributed by atoms with Crippen LogP contribution in [0.25, 0.3) is 0 Å². The summed E-state index contributed by atoms with van der Waals surface area (Å²) in [6.07, 6.45) is 3.75. The molecule has 1 aromatic carbocycles. The summed E-state index contributed by atoms with van der Waals surface area (Å²) in [5, 5.41) is 8.76. The van der Waals surface area contributed by atoms with Gasteiger partial charge in [0.1, 0.15) is 5.60 Å². The molecule has 0 amide bonds. The van der Waals surface area contributed by atoms with Crippen molar-refractivity contribution in [2.24, 2.45) is 0 Å². The van der Waals surface area contributed by atoms with E-state index in [-0.39, 0.29) is 17.1 Å². The van der Waals surface area contributed by atoms with Crippen LogP contribution in [0.5, 0.6) is 0 Å². The number of carboxylic acid groups (broad SMARTS) is 1. The topological polar surface area (TPSA) is 63.6 Å². The first-order valence-electron chi connectivity index (χ1n) is 6.13. The molecule has 0 heterocycles. The second-order valence-corrected chi connectivity index (χ2v) is 4.71. The van der Waals surface area contributed by atoms with Crippen LogP contribution in [0.15, 0.2) is 24.3 Å². The number of benzene rings is 1. The van der Waals surface area contributed by atoms with Crippen molar-refractivity contribution in [3.05, 3.63) is 35.4 Å². The highest BCUT2D eigenvalue weighted by Gasteiger charge is 2.45. The molecule has 1 aromatic rings. The van der Waals surface area contributed by atoms with Crippen molar-refractivity contribution in [1.29, 1.82) is 0 Å². The molecule has 1 saturated carbocycles. The van der Waals surface area contributed by atoms with Gasteiger partial charge in [-0.1, -0.05) is 13.3 Å². The van der Waals surface area contributed by atoms with E-state index in [1.807, 2.05) is 0 Å². The molecule has 1 aliphatic carbocycles. The fraction of sp³-hybridized carbons (Fsp3) is 0.429. The van der Waals surface area contributed by atoms with Crippen LogP contribution in [-0.2, 0) is 4.74 Å². The van der Waals surface area contributed by atoms with E-state index in [2.05, 4.69) is 6.92 Å². The molecule has 0 unspecified atom stereocenters. The Kier molecular flexibility index (Phi) is 3.36. The van der Waals surface area contributed by atoms with Crippen LogP contribution < -0.4 is 0 Å². The molecular formula is C14H16O4. The maximum absolute atomic E-state index is 11.9. The lowest BCUT2D eigenvalue weighted by Crippen LogP contribution is -2.19. The molecule has 0 aliphatic heterocycles. The molecule has 0 spiro atoms. The molecule has 1 N–H and O–H groups in total. The highest BCUT2D eigenvalue weighted by atomic mass is 16.6. The number of ether oxygens (including phenoxy) is 1. The van der Waals surface area contributed by atoms with Gasteiger partial charge >= 0.3 is 11.9 Å². The quantitative estimate of drug-likeness (QED) is 0.814. The first-order chi connectivity index (χ1) is 8.56. The monoisotopic (exact) mass is 248 g/mol. The smallest absolute Gasteiger partial charge is 0.338 e. The van der Waals surface area contributed by atoms with Gasteiger partial charge in [0.05, 0.1) is 11.1 Å². The number of carbonyl (C=O) groups is 2. The minimum atomic E-state index is -1.00. The van der Waals surface area contributed by atoms with Crippen molar-refractivity contribution < 1.29 is 19.4 Å². The van der Waals surface area contributed by atoms with Crippen molar-refractivity contribution in [2.45, 2.75) is 38.2 Å². The highest BCUT2D eigenvalue weighted by molar-refractivity contribution is 5.92. The summed E-state index contributed by atoms with van der Waals surface area (Å²) in [4.78, 5) is 22.6. The molecule has 4 nitrogen and oxygen atoms in total. The average molecular weight is 248 g/mol. The fourth-order valence-corrected chi connectivity index (χ4v) is 2.00. The zero-order valence-corrected chi connectivity index (χ0v) is 10.3. The summed E-state index contributed by atoms with van der Waals surface area (Å²) < 4.78 is 5.49. The summed E-state index contributed by atoms with van der Waals surface area (Å²) in [6, 6.07) is 5.82. The summed E-state index contributed by atoms with van der Waals surface area (Å²) in [5.74, 6) is -1.36. The Morgan fingerprint density at radius 2 is 1.78 bits per heavy atom. The molecule has 96 valence electrons. The van der Waals surface area contributed by atoms with Crippen LogP contribution in [0.3, 0.4) is 0 Å². The Bertz CT molecular complexity index is 457. The molecule has 2 rings (SSSR count). The second-order valence-electron chi connectivity index (χ2n) is 4.71. The Balaban J connectivity index is 2.03. The summed E-state index contributed by atoms with van der Waals surface area (Å²) >= 11 is 0. The zero-order chi connectivity index (χ0) is 13.2. The minimum Gasteiger partial charge on any atom is -0.478 e. The number of hydrogen-bond acceptors (Lipinski definition) is 3. The van der Waals surface area contributed by atoms with E-state index in [0.29, 0.717) is 5.56 Å². The van der Waals surface area contributed by atoms with Crippen molar-refractivity contribution in [1.82, 2.24) is 0 Å². The Morgan fingerprint density at radius 3 is 2.22 bits per heavy atom. The number of esters is 1. The number of aromatic carboxylic acids is 1. The maximum Gasteiger partial charge on any atom is 0.338 e. The first kappa shape index (κ1) is 12.6. The van der Waals surface area contributed by atoms with Crippen molar-refractivity contribution in [3.63, 3.8) is 0 Å². The molecule has 18 heavy (non-hydrogen) atoms. The lowest BCUT2D eigenvalue weighted by Gasteiger charge is -2.15. The zero-order valence-electron chi connectivity index (χ0n) is 10.3. The standard InChI is InChI=1S/C14H16O4/c1-2-7-14(8-9-14)18-13(17)11-5-3-10(4-6-11)12(15)16/h3-6H,2,7-9H2,1H3,(H,15,16). The minimum absolute atomic E-state index is 0.168. The van der Waals surface area contributed by atoms with Crippen LogP contribution in [0.1, 0.15) is 53.3 Å². The third kappa shape index (κ3) is 2.70. The maximum atomic E-state index is 11.9. The molecule has 0 saturated heterocycles. The van der Waals surface area contributed by atoms with Gasteiger partial charge in [0.2, 0.25) is 0 Å². The number of hydrogen-bond donors (Lipinski definition) is 1. The van der Waals surface area contributed by atoms with E-state index >= 15 is 0 Å². The van der Waals surface area contributed by atoms with Crippen LogP contribution in [0.2, 0.25) is 0 Å². The molecule has 0 radical (unpaired) electrons. The van der Waals surface area contributed by atoms with Crippen molar-refractivity contribution in [2.75, 3.05) is 0 Å². The Labute approximate surface area is 106 Å². The van der Waals surface area contributed by atoms with Crippen LogP contribution in [0.4, 0.5) is 0 Å². The van der Waals surface area contributed by atoms with Gasteiger partial charge in [-0.15, -0.1) is 0 Å². The molecule has 1 aliphatic rings.